The minimum atomic E-state index is -0.421. The number of rotatable bonds is 5. The fourth-order valence-corrected chi connectivity index (χ4v) is 2.04. The van der Waals surface area contributed by atoms with Gasteiger partial charge < -0.3 is 10.3 Å². The van der Waals surface area contributed by atoms with E-state index in [-0.39, 0.29) is 5.69 Å². The van der Waals surface area contributed by atoms with E-state index in [4.69, 9.17) is 5.84 Å². The van der Waals surface area contributed by atoms with Crippen molar-refractivity contribution in [3.05, 3.63) is 22.2 Å². The third kappa shape index (κ3) is 2.51. The van der Waals surface area contributed by atoms with Gasteiger partial charge in [0.2, 0.25) is 5.82 Å². The summed E-state index contributed by atoms with van der Waals surface area (Å²) < 4.78 is 0. The van der Waals surface area contributed by atoms with Crippen LogP contribution >= 0.6 is 0 Å². The Morgan fingerprint density at radius 2 is 2.33 bits per heavy atom. The molecule has 98 valence electrons. The lowest BCUT2D eigenvalue weighted by Gasteiger charge is -2.18. The van der Waals surface area contributed by atoms with Crippen LogP contribution in [0.25, 0.3) is 0 Å². The van der Waals surface area contributed by atoms with Gasteiger partial charge in [-0.25, -0.2) is 10.8 Å². The number of nitrogens with two attached hydrogens (primary N) is 1. The number of hydrogen-bond acceptors (Lipinski definition) is 6. The first-order valence-corrected chi connectivity index (χ1v) is 5.86. The van der Waals surface area contributed by atoms with Crippen molar-refractivity contribution in [3.63, 3.8) is 0 Å². The van der Waals surface area contributed by atoms with Crippen LogP contribution in [0.2, 0.25) is 0 Å². The Morgan fingerprint density at radius 3 is 2.83 bits per heavy atom. The highest BCUT2D eigenvalue weighted by atomic mass is 16.6. The second kappa shape index (κ2) is 4.77. The summed E-state index contributed by atoms with van der Waals surface area (Å²) in [6, 6.07) is 2.92. The molecule has 7 nitrogen and oxygen atoms in total. The third-order valence-electron chi connectivity index (χ3n) is 3.35. The standard InChI is InChI=1S/C11H17N5O2/c1-7-5-8(7)6-15(2)11-9(16(17)18)3-4-10(13-11)14-12/h3-4,7-8H,5-6,12H2,1-2H3,(H,13,14). The molecule has 2 rings (SSSR count). The number of pyridine rings is 1. The minimum absolute atomic E-state index is 0.00445. The van der Waals surface area contributed by atoms with Crippen molar-refractivity contribution >= 4 is 17.3 Å². The summed E-state index contributed by atoms with van der Waals surface area (Å²) in [4.78, 5) is 16.6. The number of anilines is 2. The van der Waals surface area contributed by atoms with Crippen LogP contribution in [0, 0.1) is 22.0 Å². The fraction of sp³-hybridized carbons (Fsp3) is 0.545. The summed E-state index contributed by atoms with van der Waals surface area (Å²) in [5.74, 6) is 7.36. The molecule has 2 atom stereocenters. The first-order valence-electron chi connectivity index (χ1n) is 5.86. The van der Waals surface area contributed by atoms with Crippen molar-refractivity contribution in [1.82, 2.24) is 4.98 Å². The molecule has 1 heterocycles. The van der Waals surface area contributed by atoms with E-state index in [0.717, 1.165) is 6.54 Å². The van der Waals surface area contributed by atoms with Crippen LogP contribution in [0.3, 0.4) is 0 Å². The summed E-state index contributed by atoms with van der Waals surface area (Å²) in [5, 5.41) is 11.0. The highest BCUT2D eigenvalue weighted by Crippen LogP contribution is 2.39. The normalized spacial score (nSPS) is 21.5. The average Bonchev–Trinajstić information content (AvgIpc) is 3.03. The quantitative estimate of drug-likeness (QED) is 0.466. The Labute approximate surface area is 105 Å². The van der Waals surface area contributed by atoms with Gasteiger partial charge in [-0.1, -0.05) is 6.92 Å². The SMILES string of the molecule is CC1CC1CN(C)c1nc(NN)ccc1[N+](=O)[O-]. The molecule has 1 saturated carbocycles. The molecule has 1 fully saturated rings. The largest absolute Gasteiger partial charge is 0.354 e. The van der Waals surface area contributed by atoms with Gasteiger partial charge in [0, 0.05) is 19.7 Å². The van der Waals surface area contributed by atoms with Gasteiger partial charge in [0.15, 0.2) is 0 Å². The summed E-state index contributed by atoms with van der Waals surface area (Å²) >= 11 is 0. The summed E-state index contributed by atoms with van der Waals surface area (Å²) in [6.07, 6.45) is 1.17. The Bertz CT molecular complexity index is 465. The van der Waals surface area contributed by atoms with E-state index in [1.165, 1.54) is 18.6 Å². The number of nitrogens with zero attached hydrogens (tertiary/aromatic N) is 3. The zero-order valence-electron chi connectivity index (χ0n) is 10.5. The minimum Gasteiger partial charge on any atom is -0.354 e. The molecule has 3 N–H and O–H groups in total. The molecule has 0 amide bonds. The molecule has 0 saturated heterocycles. The fourth-order valence-electron chi connectivity index (χ4n) is 2.04. The second-order valence-corrected chi connectivity index (χ2v) is 4.79. The molecule has 18 heavy (non-hydrogen) atoms. The highest BCUT2D eigenvalue weighted by Gasteiger charge is 2.34. The molecule has 0 bridgehead atoms. The Hall–Kier alpha value is -1.89. The van der Waals surface area contributed by atoms with Gasteiger partial charge >= 0.3 is 5.69 Å². The van der Waals surface area contributed by atoms with Gasteiger partial charge in [0.25, 0.3) is 0 Å². The maximum Gasteiger partial charge on any atom is 0.311 e. The Kier molecular flexibility index (Phi) is 3.33. The van der Waals surface area contributed by atoms with E-state index in [1.54, 1.807) is 0 Å². The monoisotopic (exact) mass is 251 g/mol. The maximum atomic E-state index is 11.0. The van der Waals surface area contributed by atoms with Crippen molar-refractivity contribution in [2.45, 2.75) is 13.3 Å². The number of aromatic nitrogens is 1. The van der Waals surface area contributed by atoms with Crippen LogP contribution < -0.4 is 16.2 Å². The highest BCUT2D eigenvalue weighted by molar-refractivity contribution is 5.61. The predicted molar refractivity (Wildman–Crippen MR) is 69.2 cm³/mol. The molecule has 1 aliphatic carbocycles. The molecular formula is C11H17N5O2. The Morgan fingerprint density at radius 1 is 1.67 bits per heavy atom. The molecule has 0 radical (unpaired) electrons. The average molecular weight is 251 g/mol. The number of hydrogen-bond donors (Lipinski definition) is 2. The molecule has 0 aromatic carbocycles. The number of nitro groups is 1. The van der Waals surface area contributed by atoms with Crippen LogP contribution in [0.5, 0.6) is 0 Å². The number of nitrogens with one attached hydrogen (secondary N) is 1. The van der Waals surface area contributed by atoms with Crippen molar-refractivity contribution in [1.29, 1.82) is 0 Å². The van der Waals surface area contributed by atoms with Gasteiger partial charge in [0.1, 0.15) is 5.82 Å². The van der Waals surface area contributed by atoms with Gasteiger partial charge in [-0.3, -0.25) is 10.1 Å². The van der Waals surface area contributed by atoms with Crippen molar-refractivity contribution in [3.8, 4) is 0 Å². The zero-order valence-corrected chi connectivity index (χ0v) is 10.5. The lowest BCUT2D eigenvalue weighted by Crippen LogP contribution is -2.23. The van der Waals surface area contributed by atoms with E-state index < -0.39 is 4.92 Å². The number of hydrazine groups is 1. The van der Waals surface area contributed by atoms with Crippen LogP contribution in [0.15, 0.2) is 12.1 Å². The summed E-state index contributed by atoms with van der Waals surface area (Å²) in [7, 11) is 1.82. The van der Waals surface area contributed by atoms with Crippen molar-refractivity contribution < 1.29 is 4.92 Å². The molecule has 0 aliphatic heterocycles. The van der Waals surface area contributed by atoms with Crippen LogP contribution in [-0.2, 0) is 0 Å². The molecule has 7 heteroatoms. The predicted octanol–water partition coefficient (Wildman–Crippen LogP) is 1.37. The van der Waals surface area contributed by atoms with Gasteiger partial charge in [-0.05, 0) is 24.3 Å². The lowest BCUT2D eigenvalue weighted by atomic mass is 10.3. The smallest absolute Gasteiger partial charge is 0.311 e. The van der Waals surface area contributed by atoms with E-state index >= 15 is 0 Å². The van der Waals surface area contributed by atoms with E-state index in [1.807, 2.05) is 11.9 Å². The Balaban J connectivity index is 2.24. The summed E-state index contributed by atoms with van der Waals surface area (Å²) in [6.45, 7) is 2.96. The topological polar surface area (TPSA) is 97.3 Å². The first kappa shape index (κ1) is 12.6. The van der Waals surface area contributed by atoms with Crippen molar-refractivity contribution in [2.24, 2.45) is 17.7 Å². The van der Waals surface area contributed by atoms with Crippen LogP contribution in [0.1, 0.15) is 13.3 Å². The maximum absolute atomic E-state index is 11.0. The molecule has 1 aromatic heterocycles. The summed E-state index contributed by atoms with van der Waals surface area (Å²) in [5.41, 5.74) is 2.41. The van der Waals surface area contributed by atoms with Gasteiger partial charge in [-0.2, -0.15) is 0 Å². The second-order valence-electron chi connectivity index (χ2n) is 4.79. The lowest BCUT2D eigenvalue weighted by molar-refractivity contribution is -0.384. The van der Waals surface area contributed by atoms with Crippen LogP contribution in [-0.4, -0.2) is 23.5 Å². The van der Waals surface area contributed by atoms with Gasteiger partial charge in [0.05, 0.1) is 4.92 Å². The van der Waals surface area contributed by atoms with Gasteiger partial charge in [-0.15, -0.1) is 0 Å². The van der Waals surface area contributed by atoms with E-state index in [0.29, 0.717) is 23.5 Å². The molecule has 2 unspecified atom stereocenters. The first-order chi connectivity index (χ1) is 8.52. The van der Waals surface area contributed by atoms with Crippen LogP contribution in [0.4, 0.5) is 17.3 Å². The van der Waals surface area contributed by atoms with Crippen molar-refractivity contribution in [2.75, 3.05) is 23.9 Å². The molecule has 1 aliphatic rings. The third-order valence-corrected chi connectivity index (χ3v) is 3.35. The van der Waals surface area contributed by atoms with E-state index in [9.17, 15) is 10.1 Å². The zero-order chi connectivity index (χ0) is 13.3. The molecule has 1 aromatic rings. The molecule has 0 spiro atoms. The molecular weight excluding hydrogens is 234 g/mol. The number of nitrogen functional groups attached to an aromatic ring is 1. The van der Waals surface area contributed by atoms with E-state index in [2.05, 4.69) is 17.3 Å².